The number of hydrogen-bond acceptors (Lipinski definition) is 5. The summed E-state index contributed by atoms with van der Waals surface area (Å²) in [6.45, 7) is 1.61. The maximum atomic E-state index is 12.4. The highest BCUT2D eigenvalue weighted by Crippen LogP contribution is 2.28. The van der Waals surface area contributed by atoms with Crippen LogP contribution < -0.4 is 10.2 Å². The zero-order valence-electron chi connectivity index (χ0n) is 15.3. The number of halogens is 2. The van der Waals surface area contributed by atoms with E-state index in [1.54, 1.807) is 23.1 Å². The van der Waals surface area contributed by atoms with E-state index in [0.29, 0.717) is 42.5 Å². The molecule has 2 aromatic carbocycles. The van der Waals surface area contributed by atoms with Crippen molar-refractivity contribution in [3.63, 3.8) is 0 Å². The summed E-state index contributed by atoms with van der Waals surface area (Å²) >= 11 is 11.7. The number of benzene rings is 2. The largest absolute Gasteiger partial charge is 0.362 e. The summed E-state index contributed by atoms with van der Waals surface area (Å²) in [5, 5.41) is 14.4. The van der Waals surface area contributed by atoms with Gasteiger partial charge in [0.1, 0.15) is 5.69 Å². The van der Waals surface area contributed by atoms with Gasteiger partial charge in [-0.25, -0.2) is 0 Å². The van der Waals surface area contributed by atoms with Gasteiger partial charge in [-0.05, 0) is 24.3 Å². The van der Waals surface area contributed by atoms with E-state index in [2.05, 4.69) is 5.32 Å². The van der Waals surface area contributed by atoms with Crippen LogP contribution in [-0.2, 0) is 4.79 Å². The second-order valence-corrected chi connectivity index (χ2v) is 7.24. The Kier molecular flexibility index (Phi) is 6.56. The Morgan fingerprint density at radius 2 is 1.72 bits per heavy atom. The van der Waals surface area contributed by atoms with E-state index in [9.17, 15) is 19.7 Å². The predicted octanol–water partition coefficient (Wildman–Crippen LogP) is 2.98. The third-order valence-corrected chi connectivity index (χ3v) is 5.37. The van der Waals surface area contributed by atoms with Crippen molar-refractivity contribution in [2.75, 3.05) is 37.6 Å². The van der Waals surface area contributed by atoms with E-state index in [4.69, 9.17) is 23.2 Å². The molecule has 1 aliphatic heterocycles. The smallest absolute Gasteiger partial charge is 0.292 e. The van der Waals surface area contributed by atoms with Gasteiger partial charge < -0.3 is 15.1 Å². The molecule has 1 heterocycles. The summed E-state index contributed by atoms with van der Waals surface area (Å²) in [5.41, 5.74) is 0.895. The molecule has 0 aromatic heterocycles. The van der Waals surface area contributed by atoms with Crippen LogP contribution in [0.25, 0.3) is 0 Å². The first kappa shape index (κ1) is 20.9. The standard InChI is InChI=1S/C19H18Cl2N4O4/c20-14-6-5-13(11-15(14)21)19(27)22-12-18(26)24-9-7-23(8-10-24)16-3-1-2-4-17(16)25(28)29/h1-6,11H,7-10,12H2,(H,22,27). The molecule has 0 radical (unpaired) electrons. The lowest BCUT2D eigenvalue weighted by atomic mass is 10.2. The van der Waals surface area contributed by atoms with Gasteiger partial charge in [-0.15, -0.1) is 0 Å². The summed E-state index contributed by atoms with van der Waals surface area (Å²) in [6, 6.07) is 11.0. The third kappa shape index (κ3) is 4.96. The van der Waals surface area contributed by atoms with Crippen molar-refractivity contribution in [1.82, 2.24) is 10.2 Å². The Balaban J connectivity index is 1.53. The molecule has 1 aliphatic rings. The Morgan fingerprint density at radius 3 is 2.38 bits per heavy atom. The maximum absolute atomic E-state index is 12.4. The molecule has 1 saturated heterocycles. The van der Waals surface area contributed by atoms with E-state index in [0.717, 1.165) is 0 Å². The van der Waals surface area contributed by atoms with Gasteiger partial charge in [0, 0.05) is 37.8 Å². The van der Waals surface area contributed by atoms with Crippen LogP contribution in [0, 0.1) is 10.1 Å². The van der Waals surface area contributed by atoms with E-state index in [1.807, 2.05) is 4.90 Å². The minimum absolute atomic E-state index is 0.0427. The summed E-state index contributed by atoms with van der Waals surface area (Å²) in [4.78, 5) is 38.9. The fourth-order valence-electron chi connectivity index (χ4n) is 3.09. The van der Waals surface area contributed by atoms with Crippen LogP contribution in [-0.4, -0.2) is 54.4 Å². The maximum Gasteiger partial charge on any atom is 0.292 e. The number of rotatable bonds is 5. The average molecular weight is 437 g/mol. The molecule has 3 rings (SSSR count). The summed E-state index contributed by atoms with van der Waals surface area (Å²) in [6.07, 6.45) is 0. The van der Waals surface area contributed by atoms with Crippen molar-refractivity contribution in [3.8, 4) is 0 Å². The van der Waals surface area contributed by atoms with Crippen molar-refractivity contribution in [1.29, 1.82) is 0 Å². The Bertz CT molecular complexity index is 946. The summed E-state index contributed by atoms with van der Waals surface area (Å²) in [7, 11) is 0. The molecule has 0 bridgehead atoms. The molecule has 8 nitrogen and oxygen atoms in total. The predicted molar refractivity (Wildman–Crippen MR) is 111 cm³/mol. The van der Waals surface area contributed by atoms with Crippen molar-refractivity contribution in [3.05, 3.63) is 68.2 Å². The number of piperazine rings is 1. The number of nitro groups is 1. The van der Waals surface area contributed by atoms with Crippen LogP contribution in [0.15, 0.2) is 42.5 Å². The number of nitrogens with zero attached hydrogens (tertiary/aromatic N) is 3. The lowest BCUT2D eigenvalue weighted by Crippen LogP contribution is -2.51. The van der Waals surface area contributed by atoms with Gasteiger partial charge in [-0.2, -0.15) is 0 Å². The van der Waals surface area contributed by atoms with E-state index in [-0.39, 0.29) is 23.2 Å². The number of nitro benzene ring substituents is 1. The van der Waals surface area contributed by atoms with Crippen LogP contribution in [0.3, 0.4) is 0 Å². The number of amides is 2. The fraction of sp³-hybridized carbons (Fsp3) is 0.263. The lowest BCUT2D eigenvalue weighted by molar-refractivity contribution is -0.384. The van der Waals surface area contributed by atoms with Gasteiger partial charge in [0.15, 0.2) is 0 Å². The van der Waals surface area contributed by atoms with Gasteiger partial charge in [-0.1, -0.05) is 35.3 Å². The summed E-state index contributed by atoms with van der Waals surface area (Å²) in [5.74, 6) is -0.643. The zero-order chi connectivity index (χ0) is 21.0. The van der Waals surface area contributed by atoms with Crippen molar-refractivity contribution in [2.45, 2.75) is 0 Å². The van der Waals surface area contributed by atoms with Crippen LogP contribution >= 0.6 is 23.2 Å². The second-order valence-electron chi connectivity index (χ2n) is 6.43. The number of carbonyl (C=O) groups is 2. The van der Waals surface area contributed by atoms with Crippen molar-refractivity contribution >= 4 is 46.4 Å². The first-order valence-electron chi connectivity index (χ1n) is 8.86. The normalized spacial score (nSPS) is 13.9. The molecular formula is C19H18Cl2N4O4. The molecule has 29 heavy (non-hydrogen) atoms. The molecule has 0 aliphatic carbocycles. The number of nitrogens with one attached hydrogen (secondary N) is 1. The first-order valence-corrected chi connectivity index (χ1v) is 9.62. The van der Waals surface area contributed by atoms with Crippen molar-refractivity contribution < 1.29 is 14.5 Å². The zero-order valence-corrected chi connectivity index (χ0v) is 16.8. The van der Waals surface area contributed by atoms with Crippen LogP contribution in [0.2, 0.25) is 10.0 Å². The van der Waals surface area contributed by atoms with Crippen LogP contribution in [0.5, 0.6) is 0 Å². The Hall–Kier alpha value is -2.84. The highest BCUT2D eigenvalue weighted by Gasteiger charge is 2.25. The van der Waals surface area contributed by atoms with Gasteiger partial charge in [0.05, 0.1) is 21.5 Å². The Labute approximate surface area is 177 Å². The van der Waals surface area contributed by atoms with Gasteiger partial charge in [-0.3, -0.25) is 19.7 Å². The average Bonchev–Trinajstić information content (AvgIpc) is 2.73. The molecule has 0 spiro atoms. The molecule has 152 valence electrons. The molecule has 10 heteroatoms. The van der Waals surface area contributed by atoms with E-state index in [1.165, 1.54) is 24.3 Å². The molecular weight excluding hydrogens is 419 g/mol. The molecule has 1 fully saturated rings. The summed E-state index contributed by atoms with van der Waals surface area (Å²) < 4.78 is 0. The highest BCUT2D eigenvalue weighted by molar-refractivity contribution is 6.42. The second kappa shape index (κ2) is 9.11. The monoisotopic (exact) mass is 436 g/mol. The molecule has 0 atom stereocenters. The van der Waals surface area contributed by atoms with Crippen molar-refractivity contribution in [2.24, 2.45) is 0 Å². The highest BCUT2D eigenvalue weighted by atomic mass is 35.5. The van der Waals surface area contributed by atoms with Gasteiger partial charge >= 0.3 is 0 Å². The SMILES string of the molecule is O=C(NCC(=O)N1CCN(c2ccccc2[N+](=O)[O-])CC1)c1ccc(Cl)c(Cl)c1. The van der Waals surface area contributed by atoms with Gasteiger partial charge in [0.2, 0.25) is 5.91 Å². The quantitative estimate of drug-likeness (QED) is 0.573. The Morgan fingerprint density at radius 1 is 1.03 bits per heavy atom. The number of para-hydroxylation sites is 2. The molecule has 2 aromatic rings. The van der Waals surface area contributed by atoms with Crippen LogP contribution in [0.4, 0.5) is 11.4 Å². The molecule has 0 unspecified atom stereocenters. The third-order valence-electron chi connectivity index (χ3n) is 4.63. The number of hydrogen-bond donors (Lipinski definition) is 1. The van der Waals surface area contributed by atoms with E-state index < -0.39 is 10.8 Å². The number of anilines is 1. The molecule has 0 saturated carbocycles. The first-order chi connectivity index (χ1) is 13.9. The fourth-order valence-corrected chi connectivity index (χ4v) is 3.39. The molecule has 1 N–H and O–H groups in total. The molecule has 2 amide bonds. The minimum Gasteiger partial charge on any atom is -0.362 e. The minimum atomic E-state index is -0.421. The van der Waals surface area contributed by atoms with Crippen LogP contribution in [0.1, 0.15) is 10.4 Å². The number of carbonyl (C=O) groups excluding carboxylic acids is 2. The van der Waals surface area contributed by atoms with Gasteiger partial charge in [0.25, 0.3) is 11.6 Å². The lowest BCUT2D eigenvalue weighted by Gasteiger charge is -2.35. The van der Waals surface area contributed by atoms with E-state index >= 15 is 0 Å². The topological polar surface area (TPSA) is 95.8 Å².